The molecule has 1 unspecified atom stereocenters. The van der Waals surface area contributed by atoms with E-state index in [1.54, 1.807) is 6.07 Å². The zero-order valence-electron chi connectivity index (χ0n) is 15.7. The van der Waals surface area contributed by atoms with Crippen molar-refractivity contribution in [3.05, 3.63) is 65.2 Å². The lowest BCUT2D eigenvalue weighted by atomic mass is 9.75. The Labute approximate surface area is 162 Å². The second-order valence-electron chi connectivity index (χ2n) is 8.17. The topological polar surface area (TPSA) is 12.5 Å². The van der Waals surface area contributed by atoms with E-state index in [2.05, 4.69) is 30.0 Å². The highest BCUT2D eigenvalue weighted by Crippen LogP contribution is 2.49. The van der Waals surface area contributed by atoms with Crippen LogP contribution in [0.1, 0.15) is 49.3 Å². The summed E-state index contributed by atoms with van der Waals surface area (Å²) < 4.78 is 45.7. The van der Waals surface area contributed by atoms with Gasteiger partial charge in [-0.1, -0.05) is 18.2 Å². The third-order valence-corrected chi connectivity index (χ3v) is 6.33. The maximum atomic E-state index is 13.2. The van der Waals surface area contributed by atoms with Crippen molar-refractivity contribution < 1.29 is 17.9 Å². The van der Waals surface area contributed by atoms with Gasteiger partial charge < -0.3 is 9.64 Å². The number of ether oxygens (including phenoxy) is 1. The van der Waals surface area contributed by atoms with Gasteiger partial charge in [0.2, 0.25) is 0 Å². The molecular formula is C23H22F3NO. The number of anilines is 1. The first-order chi connectivity index (χ1) is 13.3. The molecule has 2 aliphatic heterocycles. The van der Waals surface area contributed by atoms with E-state index in [1.165, 1.54) is 12.1 Å². The number of hydrogen-bond acceptors (Lipinski definition) is 2. The van der Waals surface area contributed by atoms with Crippen molar-refractivity contribution >= 4 is 11.3 Å². The van der Waals surface area contributed by atoms with E-state index in [9.17, 15) is 13.2 Å². The van der Waals surface area contributed by atoms with Gasteiger partial charge in [-0.3, -0.25) is 0 Å². The van der Waals surface area contributed by atoms with Crippen molar-refractivity contribution in [3.8, 4) is 5.75 Å². The van der Waals surface area contributed by atoms with Gasteiger partial charge >= 0.3 is 6.18 Å². The zero-order valence-corrected chi connectivity index (χ0v) is 15.7. The van der Waals surface area contributed by atoms with Crippen molar-refractivity contribution in [1.82, 2.24) is 0 Å². The maximum Gasteiger partial charge on any atom is 0.416 e. The average molecular weight is 385 g/mol. The number of fused-ring (bicyclic) bond motifs is 1. The molecule has 1 spiro atoms. The SMILES string of the molecule is CC1CCN1c1cccc(C2=CC3(CCC3)Oc3cc(C(F)(F)F)ccc32)c1. The minimum atomic E-state index is -4.37. The first kappa shape index (κ1) is 17.7. The van der Waals surface area contributed by atoms with E-state index < -0.39 is 17.3 Å². The summed E-state index contributed by atoms with van der Waals surface area (Å²) >= 11 is 0. The smallest absolute Gasteiger partial charge is 0.416 e. The normalized spacial score (nSPS) is 22.6. The summed E-state index contributed by atoms with van der Waals surface area (Å²) in [6.45, 7) is 3.25. The quantitative estimate of drug-likeness (QED) is 0.624. The van der Waals surface area contributed by atoms with Crippen LogP contribution in [0.2, 0.25) is 0 Å². The molecule has 1 saturated heterocycles. The summed E-state index contributed by atoms with van der Waals surface area (Å²) in [4.78, 5) is 2.36. The Balaban J connectivity index is 1.60. The van der Waals surface area contributed by atoms with Gasteiger partial charge in [-0.05, 0) is 74.1 Å². The molecule has 1 saturated carbocycles. The fourth-order valence-corrected chi connectivity index (χ4v) is 4.36. The largest absolute Gasteiger partial charge is 0.483 e. The summed E-state index contributed by atoms with van der Waals surface area (Å²) in [5, 5.41) is 0. The summed E-state index contributed by atoms with van der Waals surface area (Å²) in [5.74, 6) is 0.342. The molecule has 2 aromatic carbocycles. The van der Waals surface area contributed by atoms with Gasteiger partial charge in [0.1, 0.15) is 11.4 Å². The van der Waals surface area contributed by atoms with E-state index in [1.807, 2.05) is 12.1 Å². The average Bonchev–Trinajstić information content (AvgIpc) is 2.63. The summed E-state index contributed by atoms with van der Waals surface area (Å²) in [6.07, 6.45) is 1.66. The number of rotatable bonds is 2. The molecule has 2 heterocycles. The van der Waals surface area contributed by atoms with Gasteiger partial charge in [0, 0.05) is 23.8 Å². The van der Waals surface area contributed by atoms with Crippen LogP contribution in [0.25, 0.3) is 5.57 Å². The molecule has 0 N–H and O–H groups in total. The molecule has 0 amide bonds. The molecule has 2 nitrogen and oxygen atoms in total. The van der Waals surface area contributed by atoms with Crippen molar-refractivity contribution in [2.24, 2.45) is 0 Å². The Morgan fingerprint density at radius 3 is 2.54 bits per heavy atom. The van der Waals surface area contributed by atoms with Crippen molar-refractivity contribution in [2.75, 3.05) is 11.4 Å². The molecule has 0 bridgehead atoms. The Morgan fingerprint density at radius 1 is 1.11 bits per heavy atom. The molecule has 5 rings (SSSR count). The number of halogens is 3. The first-order valence-electron chi connectivity index (χ1n) is 9.85. The summed E-state index contributed by atoms with van der Waals surface area (Å²) in [7, 11) is 0. The minimum Gasteiger partial charge on any atom is -0.483 e. The number of benzene rings is 2. The van der Waals surface area contributed by atoms with Crippen LogP contribution < -0.4 is 9.64 Å². The number of alkyl halides is 3. The van der Waals surface area contributed by atoms with Gasteiger partial charge in [0.05, 0.1) is 5.56 Å². The van der Waals surface area contributed by atoms with Gasteiger partial charge in [-0.2, -0.15) is 13.2 Å². The number of nitrogens with zero attached hydrogens (tertiary/aromatic N) is 1. The van der Waals surface area contributed by atoms with E-state index in [0.29, 0.717) is 11.8 Å². The molecule has 28 heavy (non-hydrogen) atoms. The Morgan fingerprint density at radius 2 is 1.93 bits per heavy atom. The summed E-state index contributed by atoms with van der Waals surface area (Å²) in [6, 6.07) is 12.7. The lowest BCUT2D eigenvalue weighted by molar-refractivity contribution is -0.137. The predicted molar refractivity (Wildman–Crippen MR) is 104 cm³/mol. The van der Waals surface area contributed by atoms with Gasteiger partial charge in [0.25, 0.3) is 0 Å². The maximum absolute atomic E-state index is 13.2. The first-order valence-corrected chi connectivity index (χ1v) is 9.85. The highest BCUT2D eigenvalue weighted by atomic mass is 19.4. The Hall–Kier alpha value is -2.43. The fraction of sp³-hybridized carbons (Fsp3) is 0.391. The predicted octanol–water partition coefficient (Wildman–Crippen LogP) is 6.05. The Kier molecular flexibility index (Phi) is 3.80. The molecule has 0 radical (unpaired) electrons. The lowest BCUT2D eigenvalue weighted by Crippen LogP contribution is -2.45. The zero-order chi connectivity index (χ0) is 19.5. The van der Waals surface area contributed by atoms with Crippen molar-refractivity contribution in [3.63, 3.8) is 0 Å². The number of hydrogen-bond donors (Lipinski definition) is 0. The third kappa shape index (κ3) is 2.79. The van der Waals surface area contributed by atoms with Crippen molar-refractivity contribution in [1.29, 1.82) is 0 Å². The second-order valence-corrected chi connectivity index (χ2v) is 8.17. The Bertz CT molecular complexity index is 959. The summed E-state index contributed by atoms with van der Waals surface area (Å²) in [5.41, 5.74) is 2.79. The van der Waals surface area contributed by atoms with Crippen LogP contribution in [0, 0.1) is 0 Å². The molecule has 3 aliphatic rings. The van der Waals surface area contributed by atoms with Crippen LogP contribution in [-0.2, 0) is 6.18 Å². The van der Waals surface area contributed by atoms with Crippen LogP contribution in [0.4, 0.5) is 18.9 Å². The second kappa shape index (κ2) is 6.03. The monoisotopic (exact) mass is 385 g/mol. The van der Waals surface area contributed by atoms with Crippen molar-refractivity contribution in [2.45, 2.75) is 50.4 Å². The molecular weight excluding hydrogens is 363 g/mol. The molecule has 1 atom stereocenters. The molecule has 5 heteroatoms. The lowest BCUT2D eigenvalue weighted by Gasteiger charge is -2.44. The van der Waals surface area contributed by atoms with Crippen LogP contribution in [0.15, 0.2) is 48.5 Å². The molecule has 2 aromatic rings. The van der Waals surface area contributed by atoms with Gasteiger partial charge in [-0.25, -0.2) is 0 Å². The molecule has 1 aliphatic carbocycles. The van der Waals surface area contributed by atoms with E-state index in [0.717, 1.165) is 54.6 Å². The standard InChI is InChI=1S/C23H22F3NO/c1-15-8-11-27(15)18-5-2-4-16(12-18)20-14-22(9-3-10-22)28-21-13-17(23(24,25)26)6-7-19(20)21/h2,4-7,12-15H,3,8-11H2,1H3. The molecule has 2 fully saturated rings. The minimum absolute atomic E-state index is 0.342. The molecule has 146 valence electrons. The highest BCUT2D eigenvalue weighted by molar-refractivity contribution is 5.86. The fourth-order valence-electron chi connectivity index (χ4n) is 4.36. The van der Waals surface area contributed by atoms with Gasteiger partial charge in [0.15, 0.2) is 0 Å². The molecule has 0 aromatic heterocycles. The highest BCUT2D eigenvalue weighted by Gasteiger charge is 2.42. The van der Waals surface area contributed by atoms with Crippen LogP contribution in [-0.4, -0.2) is 18.2 Å². The van der Waals surface area contributed by atoms with Gasteiger partial charge in [-0.15, -0.1) is 0 Å². The van der Waals surface area contributed by atoms with Crippen LogP contribution >= 0.6 is 0 Å². The van der Waals surface area contributed by atoms with Crippen LogP contribution in [0.3, 0.4) is 0 Å². The van der Waals surface area contributed by atoms with E-state index in [4.69, 9.17) is 4.74 Å². The van der Waals surface area contributed by atoms with E-state index in [-0.39, 0.29) is 0 Å². The van der Waals surface area contributed by atoms with E-state index >= 15 is 0 Å². The third-order valence-electron chi connectivity index (χ3n) is 6.33. The van der Waals surface area contributed by atoms with Crippen LogP contribution in [0.5, 0.6) is 5.75 Å².